The van der Waals surface area contributed by atoms with E-state index in [1.165, 1.54) is 15.6 Å². The van der Waals surface area contributed by atoms with Crippen molar-refractivity contribution >= 4 is 32.4 Å². The molecule has 0 saturated carbocycles. The van der Waals surface area contributed by atoms with E-state index < -0.39 is 16.1 Å². The average molecular weight is 366 g/mol. The molecule has 1 N–H and O–H groups in total. The van der Waals surface area contributed by atoms with Gasteiger partial charge in [0.15, 0.2) is 0 Å². The topological polar surface area (TPSA) is 92.3 Å². The predicted octanol–water partition coefficient (Wildman–Crippen LogP) is 1.96. The van der Waals surface area contributed by atoms with Crippen LogP contribution in [0.2, 0.25) is 0 Å². The van der Waals surface area contributed by atoms with Crippen molar-refractivity contribution in [1.82, 2.24) is 14.5 Å². The van der Waals surface area contributed by atoms with Crippen molar-refractivity contribution < 1.29 is 13.2 Å². The number of carbonyl (C=O) groups excluding carboxylic acids is 1. The van der Waals surface area contributed by atoms with Crippen LogP contribution < -0.4 is 5.32 Å². The Labute approximate surface area is 144 Å². The monoisotopic (exact) mass is 366 g/mol. The van der Waals surface area contributed by atoms with Gasteiger partial charge < -0.3 is 0 Å². The number of rotatable bonds is 4. The Balaban J connectivity index is 1.74. The molecule has 1 saturated heterocycles. The summed E-state index contributed by atoms with van der Waals surface area (Å²) in [5.41, 5.74) is 0.922. The minimum Gasteiger partial charge on any atom is -0.299 e. The lowest BCUT2D eigenvalue weighted by molar-refractivity contribution is -0.120. The molecule has 1 amide bonds. The molecular weight excluding hydrogens is 348 g/mol. The Morgan fingerprint density at radius 3 is 2.71 bits per heavy atom. The highest BCUT2D eigenvalue weighted by Gasteiger charge is 2.34. The molecule has 1 aromatic carbocycles. The summed E-state index contributed by atoms with van der Waals surface area (Å²) in [6.07, 6.45) is 3.25. The molecule has 1 fully saturated rings. The number of anilines is 1. The number of nitrogens with one attached hydrogen (secondary N) is 1. The Kier molecular flexibility index (Phi) is 4.93. The van der Waals surface area contributed by atoms with E-state index in [2.05, 4.69) is 15.5 Å². The molecule has 1 atom stereocenters. The lowest BCUT2D eigenvalue weighted by atomic mass is 10.0. The molecule has 1 unspecified atom stereocenters. The molecule has 9 heteroatoms. The van der Waals surface area contributed by atoms with Gasteiger partial charge in [-0.25, -0.2) is 8.42 Å². The molecule has 0 radical (unpaired) electrons. The molecule has 1 aliphatic heterocycles. The number of hydrogen-bond acceptors (Lipinski definition) is 6. The number of nitrogens with zero attached hydrogens (tertiary/aromatic N) is 3. The van der Waals surface area contributed by atoms with E-state index in [1.54, 1.807) is 0 Å². The maximum atomic E-state index is 12.5. The highest BCUT2D eigenvalue weighted by Crippen LogP contribution is 2.27. The smallest absolute Gasteiger partial charge is 0.244 e. The Morgan fingerprint density at radius 1 is 1.25 bits per heavy atom. The molecule has 2 aromatic rings. The van der Waals surface area contributed by atoms with Crippen molar-refractivity contribution in [2.75, 3.05) is 18.1 Å². The van der Waals surface area contributed by atoms with Gasteiger partial charge in [0.25, 0.3) is 0 Å². The largest absolute Gasteiger partial charge is 0.299 e. The first-order chi connectivity index (χ1) is 11.4. The molecule has 3 rings (SSSR count). The number of amides is 1. The van der Waals surface area contributed by atoms with Crippen LogP contribution in [0, 0.1) is 0 Å². The van der Waals surface area contributed by atoms with E-state index in [1.807, 2.05) is 30.3 Å². The first kappa shape index (κ1) is 17.0. The first-order valence-electron chi connectivity index (χ1n) is 7.62. The summed E-state index contributed by atoms with van der Waals surface area (Å²) in [6, 6.07) is 8.87. The van der Waals surface area contributed by atoms with Gasteiger partial charge in [-0.1, -0.05) is 48.1 Å². The number of piperidine rings is 1. The van der Waals surface area contributed by atoms with E-state index in [-0.39, 0.29) is 5.91 Å². The van der Waals surface area contributed by atoms with Gasteiger partial charge in [0, 0.05) is 12.1 Å². The number of benzene rings is 1. The van der Waals surface area contributed by atoms with Crippen molar-refractivity contribution in [3.63, 3.8) is 0 Å². The Morgan fingerprint density at radius 2 is 2.00 bits per heavy atom. The third-order valence-electron chi connectivity index (χ3n) is 3.86. The fourth-order valence-corrected chi connectivity index (χ4v) is 4.60. The molecular formula is C15H18N4O3S2. The summed E-state index contributed by atoms with van der Waals surface area (Å²) >= 11 is 1.26. The lowest BCUT2D eigenvalue weighted by Crippen LogP contribution is -2.49. The highest BCUT2D eigenvalue weighted by atomic mass is 32.2. The van der Waals surface area contributed by atoms with E-state index in [4.69, 9.17) is 0 Å². The van der Waals surface area contributed by atoms with E-state index in [0.29, 0.717) is 23.1 Å². The van der Waals surface area contributed by atoms with Gasteiger partial charge in [-0.2, -0.15) is 4.31 Å². The van der Waals surface area contributed by atoms with Crippen molar-refractivity contribution in [2.45, 2.75) is 25.3 Å². The standard InChI is InChI=1S/C15H18N4O3S2/c1-24(21,22)19-10-6-5-9-12(19)13(20)16-15-18-17-14(23-15)11-7-3-2-4-8-11/h2-4,7-8,12H,5-6,9-10H2,1H3,(H,16,18,20). The molecule has 0 aliphatic carbocycles. The molecule has 128 valence electrons. The summed E-state index contributed by atoms with van der Waals surface area (Å²) < 4.78 is 25.0. The van der Waals surface area contributed by atoms with Gasteiger partial charge in [-0.3, -0.25) is 10.1 Å². The molecule has 0 bridgehead atoms. The van der Waals surface area contributed by atoms with Gasteiger partial charge in [-0.15, -0.1) is 10.2 Å². The van der Waals surface area contributed by atoms with Crippen LogP contribution in [0.15, 0.2) is 30.3 Å². The third-order valence-corrected chi connectivity index (χ3v) is 6.03. The second kappa shape index (κ2) is 6.96. The normalized spacial score (nSPS) is 19.1. The third kappa shape index (κ3) is 3.80. The van der Waals surface area contributed by atoms with Gasteiger partial charge in [0.2, 0.25) is 21.1 Å². The maximum Gasteiger partial charge on any atom is 0.244 e. The van der Waals surface area contributed by atoms with E-state index in [9.17, 15) is 13.2 Å². The zero-order chi connectivity index (χ0) is 17.2. The van der Waals surface area contributed by atoms with Crippen LogP contribution in [0.4, 0.5) is 5.13 Å². The van der Waals surface area contributed by atoms with Crippen molar-refractivity contribution in [2.24, 2.45) is 0 Å². The van der Waals surface area contributed by atoms with Crippen LogP contribution in [0.5, 0.6) is 0 Å². The summed E-state index contributed by atoms with van der Waals surface area (Å²) in [6.45, 7) is 0.377. The van der Waals surface area contributed by atoms with E-state index in [0.717, 1.165) is 24.7 Å². The van der Waals surface area contributed by atoms with Crippen molar-refractivity contribution in [3.05, 3.63) is 30.3 Å². The van der Waals surface area contributed by atoms with Gasteiger partial charge >= 0.3 is 0 Å². The number of aromatic nitrogens is 2. The number of hydrogen-bond donors (Lipinski definition) is 1. The molecule has 1 aliphatic rings. The summed E-state index contributed by atoms with van der Waals surface area (Å²) in [5.74, 6) is -0.351. The van der Waals surface area contributed by atoms with Crippen LogP contribution in [-0.4, -0.2) is 47.7 Å². The van der Waals surface area contributed by atoms with Crippen LogP contribution in [0.1, 0.15) is 19.3 Å². The Bertz CT molecular complexity index is 820. The maximum absolute atomic E-state index is 12.5. The average Bonchev–Trinajstić information content (AvgIpc) is 3.03. The fraction of sp³-hybridized carbons (Fsp3) is 0.400. The minimum absolute atomic E-state index is 0.351. The second-order valence-electron chi connectivity index (χ2n) is 5.65. The first-order valence-corrected chi connectivity index (χ1v) is 10.3. The number of sulfonamides is 1. The van der Waals surface area contributed by atoms with Gasteiger partial charge in [-0.05, 0) is 12.8 Å². The minimum atomic E-state index is -3.41. The molecule has 0 spiro atoms. The van der Waals surface area contributed by atoms with Gasteiger partial charge in [0.1, 0.15) is 11.0 Å². The van der Waals surface area contributed by atoms with Crippen LogP contribution in [0.3, 0.4) is 0 Å². The van der Waals surface area contributed by atoms with Crippen LogP contribution in [0.25, 0.3) is 10.6 Å². The molecule has 24 heavy (non-hydrogen) atoms. The second-order valence-corrected chi connectivity index (χ2v) is 8.57. The quantitative estimate of drug-likeness (QED) is 0.893. The zero-order valence-electron chi connectivity index (χ0n) is 13.2. The summed E-state index contributed by atoms with van der Waals surface area (Å²) in [5, 5.41) is 11.8. The Hall–Kier alpha value is -1.84. The lowest BCUT2D eigenvalue weighted by Gasteiger charge is -2.32. The van der Waals surface area contributed by atoms with Crippen LogP contribution >= 0.6 is 11.3 Å². The summed E-state index contributed by atoms with van der Waals surface area (Å²) in [4.78, 5) is 12.5. The molecule has 1 aromatic heterocycles. The van der Waals surface area contributed by atoms with Crippen molar-refractivity contribution in [3.8, 4) is 10.6 Å². The SMILES string of the molecule is CS(=O)(=O)N1CCCCC1C(=O)Nc1nnc(-c2ccccc2)s1. The summed E-state index contributed by atoms with van der Waals surface area (Å²) in [7, 11) is -3.41. The van der Waals surface area contributed by atoms with Crippen molar-refractivity contribution in [1.29, 1.82) is 0 Å². The highest BCUT2D eigenvalue weighted by molar-refractivity contribution is 7.88. The van der Waals surface area contributed by atoms with Crippen LogP contribution in [-0.2, 0) is 14.8 Å². The van der Waals surface area contributed by atoms with E-state index >= 15 is 0 Å². The van der Waals surface area contributed by atoms with Gasteiger partial charge in [0.05, 0.1) is 6.26 Å². The molecule has 2 heterocycles. The fourth-order valence-electron chi connectivity index (χ4n) is 2.72. The molecule has 7 nitrogen and oxygen atoms in total. The predicted molar refractivity (Wildman–Crippen MR) is 93.2 cm³/mol. The zero-order valence-corrected chi connectivity index (χ0v) is 14.8. The number of carbonyl (C=O) groups is 1.